The van der Waals surface area contributed by atoms with Crippen molar-refractivity contribution >= 4 is 28.6 Å². The van der Waals surface area contributed by atoms with E-state index in [-0.39, 0.29) is 23.5 Å². The van der Waals surface area contributed by atoms with Gasteiger partial charge in [-0.25, -0.2) is 4.79 Å². The number of carbonyl (C=O) groups is 3. The van der Waals surface area contributed by atoms with Crippen LogP contribution >= 0.6 is 0 Å². The van der Waals surface area contributed by atoms with Gasteiger partial charge in [-0.15, -0.1) is 0 Å². The van der Waals surface area contributed by atoms with Crippen LogP contribution in [0.15, 0.2) is 59.5 Å². The SMILES string of the molecule is CC(=O)Oc1cccc(C(=O)N[C@H](CC[S@@](=O)c2ccccc2)C(=O)O)c1. The highest BCUT2D eigenvalue weighted by atomic mass is 32.2. The number of benzene rings is 2. The van der Waals surface area contributed by atoms with Gasteiger partial charge in [0.15, 0.2) is 0 Å². The van der Waals surface area contributed by atoms with Crippen molar-refractivity contribution in [2.24, 2.45) is 0 Å². The molecule has 2 atom stereocenters. The number of hydrogen-bond acceptors (Lipinski definition) is 5. The normalized spacial score (nSPS) is 12.6. The highest BCUT2D eigenvalue weighted by molar-refractivity contribution is 7.85. The molecular weight excluding hydrogens is 370 g/mol. The van der Waals surface area contributed by atoms with Gasteiger partial charge in [0.1, 0.15) is 11.8 Å². The zero-order valence-corrected chi connectivity index (χ0v) is 15.4. The third kappa shape index (κ3) is 6.34. The minimum atomic E-state index is -1.36. The molecule has 0 aliphatic heterocycles. The Kier molecular flexibility index (Phi) is 7.25. The Morgan fingerprint density at radius 2 is 1.81 bits per heavy atom. The van der Waals surface area contributed by atoms with E-state index in [0.29, 0.717) is 4.90 Å². The molecule has 1 amide bonds. The van der Waals surface area contributed by atoms with Gasteiger partial charge in [0.2, 0.25) is 0 Å². The van der Waals surface area contributed by atoms with E-state index in [4.69, 9.17) is 4.74 Å². The standard InChI is InChI=1S/C19H19NO6S/c1-13(21)26-15-7-5-6-14(12-15)18(22)20-17(19(23)24)10-11-27(25)16-8-3-2-4-9-16/h2-9,12,17H,10-11H2,1H3,(H,20,22)(H,23,24)/t17-,27-/m1/s1. The molecule has 0 heterocycles. The third-order valence-electron chi connectivity index (χ3n) is 3.56. The molecule has 0 aromatic heterocycles. The monoisotopic (exact) mass is 389 g/mol. The molecule has 2 rings (SSSR count). The molecular formula is C19H19NO6S. The lowest BCUT2D eigenvalue weighted by atomic mass is 10.1. The molecule has 0 saturated heterocycles. The summed E-state index contributed by atoms with van der Waals surface area (Å²) in [6, 6.07) is 13.4. The van der Waals surface area contributed by atoms with Gasteiger partial charge in [-0.3, -0.25) is 13.8 Å². The van der Waals surface area contributed by atoms with Gasteiger partial charge in [-0.05, 0) is 36.8 Å². The number of carbonyl (C=O) groups excluding carboxylic acids is 2. The fourth-order valence-corrected chi connectivity index (χ4v) is 3.43. The lowest BCUT2D eigenvalue weighted by Crippen LogP contribution is -2.41. The first-order valence-corrected chi connectivity index (χ1v) is 9.44. The van der Waals surface area contributed by atoms with E-state index in [9.17, 15) is 23.7 Å². The topological polar surface area (TPSA) is 110 Å². The Bertz CT molecular complexity index is 852. The van der Waals surface area contributed by atoms with Crippen LogP contribution in [0.1, 0.15) is 23.7 Å². The Morgan fingerprint density at radius 1 is 1.11 bits per heavy atom. The van der Waals surface area contributed by atoms with Gasteiger partial charge in [0.05, 0.1) is 10.8 Å². The molecule has 27 heavy (non-hydrogen) atoms. The average molecular weight is 389 g/mol. The van der Waals surface area contributed by atoms with Gasteiger partial charge < -0.3 is 15.2 Å². The summed E-state index contributed by atoms with van der Waals surface area (Å²) >= 11 is 0. The molecule has 0 aliphatic carbocycles. The number of ether oxygens (including phenoxy) is 1. The van der Waals surface area contributed by atoms with Crippen molar-refractivity contribution in [3.05, 3.63) is 60.2 Å². The minimum Gasteiger partial charge on any atom is -0.480 e. The second-order valence-corrected chi connectivity index (χ2v) is 7.21. The van der Waals surface area contributed by atoms with Gasteiger partial charge in [0.25, 0.3) is 5.91 Å². The number of esters is 1. The van der Waals surface area contributed by atoms with E-state index < -0.39 is 34.7 Å². The van der Waals surface area contributed by atoms with Crippen LogP contribution in [0.5, 0.6) is 5.75 Å². The molecule has 7 nitrogen and oxygen atoms in total. The second kappa shape index (κ2) is 9.63. The molecule has 0 bridgehead atoms. The number of carboxylic acids is 1. The summed E-state index contributed by atoms with van der Waals surface area (Å²) in [6.07, 6.45) is 0.00617. The Hall–Kier alpha value is -3.00. The van der Waals surface area contributed by atoms with Crippen molar-refractivity contribution in [3.8, 4) is 5.75 Å². The summed E-state index contributed by atoms with van der Waals surface area (Å²) in [5.41, 5.74) is 0.157. The first-order chi connectivity index (χ1) is 12.9. The number of aliphatic carboxylic acids is 1. The predicted octanol–water partition coefficient (Wildman–Crippen LogP) is 1.99. The largest absolute Gasteiger partial charge is 0.480 e. The number of hydrogen-bond donors (Lipinski definition) is 2. The molecule has 0 saturated carbocycles. The molecule has 0 aliphatic rings. The second-order valence-electron chi connectivity index (χ2n) is 5.64. The van der Waals surface area contributed by atoms with Crippen LogP contribution in [-0.4, -0.2) is 39.0 Å². The van der Waals surface area contributed by atoms with Crippen molar-refractivity contribution in [1.82, 2.24) is 5.32 Å². The Morgan fingerprint density at radius 3 is 2.44 bits per heavy atom. The minimum absolute atomic E-state index is 0.00617. The maximum atomic E-state index is 12.3. The predicted molar refractivity (Wildman–Crippen MR) is 99.0 cm³/mol. The molecule has 0 fully saturated rings. The summed E-state index contributed by atoms with van der Waals surface area (Å²) in [6.45, 7) is 1.24. The summed E-state index contributed by atoms with van der Waals surface area (Å²) in [4.78, 5) is 35.4. The highest BCUT2D eigenvalue weighted by Gasteiger charge is 2.22. The van der Waals surface area contributed by atoms with Crippen LogP contribution in [0.4, 0.5) is 0 Å². The molecule has 0 unspecified atom stereocenters. The zero-order chi connectivity index (χ0) is 19.8. The van der Waals surface area contributed by atoms with Crippen molar-refractivity contribution in [2.75, 3.05) is 5.75 Å². The molecule has 2 aromatic carbocycles. The number of carboxylic acid groups (broad SMARTS) is 1. The van der Waals surface area contributed by atoms with Crippen LogP contribution in [0.3, 0.4) is 0 Å². The molecule has 0 spiro atoms. The van der Waals surface area contributed by atoms with Gasteiger partial charge in [0, 0.05) is 23.1 Å². The van der Waals surface area contributed by atoms with Crippen LogP contribution < -0.4 is 10.1 Å². The molecule has 142 valence electrons. The van der Waals surface area contributed by atoms with Gasteiger partial charge in [-0.2, -0.15) is 0 Å². The third-order valence-corrected chi connectivity index (χ3v) is 4.96. The first kappa shape index (κ1) is 20.3. The van der Waals surface area contributed by atoms with Crippen LogP contribution in [0.25, 0.3) is 0 Å². The fourth-order valence-electron chi connectivity index (χ4n) is 2.28. The van der Waals surface area contributed by atoms with Crippen molar-refractivity contribution in [2.45, 2.75) is 24.3 Å². The number of amides is 1. The maximum absolute atomic E-state index is 12.3. The first-order valence-electron chi connectivity index (χ1n) is 8.12. The summed E-state index contributed by atoms with van der Waals surface area (Å²) in [5.74, 6) is -2.09. The van der Waals surface area contributed by atoms with E-state index >= 15 is 0 Å². The molecule has 0 radical (unpaired) electrons. The lowest BCUT2D eigenvalue weighted by molar-refractivity contribution is -0.139. The van der Waals surface area contributed by atoms with Crippen LogP contribution in [0.2, 0.25) is 0 Å². The van der Waals surface area contributed by atoms with Gasteiger partial charge in [-0.1, -0.05) is 24.3 Å². The van der Waals surface area contributed by atoms with Crippen molar-refractivity contribution in [1.29, 1.82) is 0 Å². The zero-order valence-electron chi connectivity index (χ0n) is 14.6. The summed E-state index contributed by atoms with van der Waals surface area (Å²) < 4.78 is 17.1. The van der Waals surface area contributed by atoms with E-state index in [2.05, 4.69) is 5.32 Å². The fraction of sp³-hybridized carbons (Fsp3) is 0.211. The maximum Gasteiger partial charge on any atom is 0.326 e. The Balaban J connectivity index is 2.01. The summed E-state index contributed by atoms with van der Waals surface area (Å²) in [7, 11) is -1.36. The molecule has 8 heteroatoms. The average Bonchev–Trinajstić information content (AvgIpc) is 2.64. The van der Waals surface area contributed by atoms with E-state index in [1.807, 2.05) is 0 Å². The van der Waals surface area contributed by atoms with E-state index in [0.717, 1.165) is 0 Å². The molecule has 2 aromatic rings. The summed E-state index contributed by atoms with van der Waals surface area (Å²) in [5, 5.41) is 11.7. The van der Waals surface area contributed by atoms with Crippen molar-refractivity contribution < 1.29 is 28.4 Å². The van der Waals surface area contributed by atoms with Crippen molar-refractivity contribution in [3.63, 3.8) is 0 Å². The quantitative estimate of drug-likeness (QED) is 0.528. The van der Waals surface area contributed by atoms with Gasteiger partial charge >= 0.3 is 11.9 Å². The highest BCUT2D eigenvalue weighted by Crippen LogP contribution is 2.14. The number of nitrogens with one attached hydrogen (secondary N) is 1. The smallest absolute Gasteiger partial charge is 0.326 e. The van der Waals surface area contributed by atoms with Crippen LogP contribution in [-0.2, 0) is 20.4 Å². The molecule has 2 N–H and O–H groups in total. The van der Waals surface area contributed by atoms with Crippen LogP contribution in [0, 0.1) is 0 Å². The Labute approximate surface area is 158 Å². The van der Waals surface area contributed by atoms with E-state index in [1.165, 1.54) is 31.2 Å². The lowest BCUT2D eigenvalue weighted by Gasteiger charge is -2.15. The number of rotatable bonds is 8. The van der Waals surface area contributed by atoms with E-state index in [1.54, 1.807) is 30.3 Å².